The third-order valence-electron chi connectivity index (χ3n) is 2.68. The maximum Gasteiger partial charge on any atom is 0.387 e. The lowest BCUT2D eigenvalue weighted by atomic mass is 10.0. The summed E-state index contributed by atoms with van der Waals surface area (Å²) < 4.78 is 42.2. The van der Waals surface area contributed by atoms with Gasteiger partial charge in [0.05, 0.1) is 0 Å². The first-order chi connectivity index (χ1) is 9.49. The van der Waals surface area contributed by atoms with Gasteiger partial charge in [0.2, 0.25) is 0 Å². The average Bonchev–Trinajstić information content (AvgIpc) is 2.41. The Morgan fingerprint density at radius 1 is 1.05 bits per heavy atom. The van der Waals surface area contributed by atoms with Gasteiger partial charge in [-0.1, -0.05) is 29.8 Å². The van der Waals surface area contributed by atoms with Crippen molar-refractivity contribution in [3.05, 3.63) is 64.4 Å². The second-order valence-electron chi connectivity index (χ2n) is 3.98. The Morgan fingerprint density at radius 2 is 1.75 bits per heavy atom. The monoisotopic (exact) mass is 302 g/mol. The van der Waals surface area contributed by atoms with Crippen LogP contribution in [0.5, 0.6) is 5.75 Å². The maximum absolute atomic E-state index is 13.2. The first kappa shape index (κ1) is 14.7. The van der Waals surface area contributed by atoms with Gasteiger partial charge >= 0.3 is 6.61 Å². The van der Waals surface area contributed by atoms with E-state index >= 15 is 0 Å². The summed E-state index contributed by atoms with van der Waals surface area (Å²) in [6.07, 6.45) is -1.37. The van der Waals surface area contributed by atoms with Crippen molar-refractivity contribution in [2.45, 2.75) is 12.7 Å². The molecule has 0 spiro atoms. The van der Waals surface area contributed by atoms with Gasteiger partial charge in [0.15, 0.2) is 0 Å². The highest BCUT2D eigenvalue weighted by molar-refractivity contribution is 6.31. The van der Waals surface area contributed by atoms with Crippen molar-refractivity contribution in [3.63, 3.8) is 0 Å². The van der Waals surface area contributed by atoms with Gasteiger partial charge in [-0.05, 0) is 24.3 Å². The molecule has 2 rings (SSSR count). The Kier molecular flexibility index (Phi) is 4.52. The quantitative estimate of drug-likeness (QED) is 0.919. The number of hydrogen-bond acceptors (Lipinski definition) is 2. The molecule has 2 aromatic rings. The SMILES string of the molecule is OC(c1cc(F)ccc1Cl)c1ccccc1OC(F)F. The van der Waals surface area contributed by atoms with Crippen molar-refractivity contribution in [1.29, 1.82) is 0 Å². The zero-order valence-electron chi connectivity index (χ0n) is 10.1. The van der Waals surface area contributed by atoms with Gasteiger partial charge in [0.1, 0.15) is 17.7 Å². The van der Waals surface area contributed by atoms with Crippen molar-refractivity contribution in [2.24, 2.45) is 0 Å². The van der Waals surface area contributed by atoms with Gasteiger partial charge in [0, 0.05) is 16.1 Å². The average molecular weight is 303 g/mol. The largest absolute Gasteiger partial charge is 0.434 e. The Labute approximate surface area is 118 Å². The smallest absolute Gasteiger partial charge is 0.387 e. The zero-order valence-corrected chi connectivity index (χ0v) is 10.8. The molecule has 6 heteroatoms. The topological polar surface area (TPSA) is 29.5 Å². The van der Waals surface area contributed by atoms with E-state index < -0.39 is 18.5 Å². The van der Waals surface area contributed by atoms with E-state index in [0.29, 0.717) is 0 Å². The molecule has 1 unspecified atom stereocenters. The highest BCUT2D eigenvalue weighted by Crippen LogP contribution is 2.34. The van der Waals surface area contributed by atoms with Crippen LogP contribution in [-0.4, -0.2) is 11.7 Å². The Bertz CT molecular complexity index is 605. The van der Waals surface area contributed by atoms with Crippen LogP contribution in [0.3, 0.4) is 0 Å². The van der Waals surface area contributed by atoms with Crippen molar-refractivity contribution in [2.75, 3.05) is 0 Å². The second-order valence-corrected chi connectivity index (χ2v) is 4.39. The van der Waals surface area contributed by atoms with Gasteiger partial charge < -0.3 is 9.84 Å². The van der Waals surface area contributed by atoms with Gasteiger partial charge in [-0.2, -0.15) is 8.78 Å². The normalized spacial score (nSPS) is 12.5. The van der Waals surface area contributed by atoms with Crippen molar-refractivity contribution in [1.82, 2.24) is 0 Å². The molecule has 0 aromatic heterocycles. The number of halogens is 4. The van der Waals surface area contributed by atoms with Gasteiger partial charge in [0.25, 0.3) is 0 Å². The summed E-state index contributed by atoms with van der Waals surface area (Å²) in [5.74, 6) is -0.772. The zero-order chi connectivity index (χ0) is 14.7. The molecule has 0 amide bonds. The predicted octanol–water partition coefficient (Wildman–Crippen LogP) is 4.16. The van der Waals surface area contributed by atoms with Crippen molar-refractivity contribution >= 4 is 11.6 Å². The lowest BCUT2D eigenvalue weighted by molar-refractivity contribution is -0.0512. The number of benzene rings is 2. The Hall–Kier alpha value is -1.72. The number of ether oxygens (including phenoxy) is 1. The number of alkyl halides is 2. The van der Waals surface area contributed by atoms with Crippen molar-refractivity contribution < 1.29 is 23.0 Å². The van der Waals surface area contributed by atoms with E-state index in [2.05, 4.69) is 4.74 Å². The van der Waals surface area contributed by atoms with E-state index in [1.165, 1.54) is 24.3 Å². The van der Waals surface area contributed by atoms with Crippen LogP contribution in [0.25, 0.3) is 0 Å². The molecule has 0 heterocycles. The molecule has 0 saturated carbocycles. The van der Waals surface area contributed by atoms with Crippen LogP contribution >= 0.6 is 11.6 Å². The molecule has 2 aromatic carbocycles. The van der Waals surface area contributed by atoms with Gasteiger partial charge in [-0.3, -0.25) is 0 Å². The fourth-order valence-corrected chi connectivity index (χ4v) is 2.02. The van der Waals surface area contributed by atoms with Crippen LogP contribution in [0.1, 0.15) is 17.2 Å². The van der Waals surface area contributed by atoms with E-state index in [-0.39, 0.29) is 21.9 Å². The fourth-order valence-electron chi connectivity index (χ4n) is 1.80. The second kappa shape index (κ2) is 6.15. The minimum Gasteiger partial charge on any atom is -0.434 e. The summed E-state index contributed by atoms with van der Waals surface area (Å²) in [7, 11) is 0. The molecule has 0 aliphatic carbocycles. The van der Waals surface area contributed by atoms with E-state index in [1.807, 2.05) is 0 Å². The summed E-state index contributed by atoms with van der Waals surface area (Å²) in [4.78, 5) is 0. The number of para-hydroxylation sites is 1. The predicted molar refractivity (Wildman–Crippen MR) is 68.5 cm³/mol. The van der Waals surface area contributed by atoms with E-state index in [1.54, 1.807) is 6.07 Å². The number of rotatable bonds is 4. The van der Waals surface area contributed by atoms with E-state index in [9.17, 15) is 18.3 Å². The molecule has 0 bridgehead atoms. The highest BCUT2D eigenvalue weighted by Gasteiger charge is 2.20. The van der Waals surface area contributed by atoms with Crippen LogP contribution in [0.2, 0.25) is 5.02 Å². The molecule has 1 N–H and O–H groups in total. The molecule has 0 aliphatic heterocycles. The maximum atomic E-state index is 13.2. The molecule has 1 atom stereocenters. The Morgan fingerprint density at radius 3 is 2.45 bits per heavy atom. The summed E-state index contributed by atoms with van der Waals surface area (Å²) >= 11 is 5.88. The molecule has 20 heavy (non-hydrogen) atoms. The van der Waals surface area contributed by atoms with E-state index in [0.717, 1.165) is 12.1 Å². The lowest BCUT2D eigenvalue weighted by Gasteiger charge is -2.17. The summed E-state index contributed by atoms with van der Waals surface area (Å²) in [6, 6.07) is 9.20. The molecular formula is C14H10ClF3O2. The van der Waals surface area contributed by atoms with Gasteiger partial charge in [-0.15, -0.1) is 0 Å². The minimum absolute atomic E-state index is 0.0805. The Balaban J connectivity index is 2.42. The third kappa shape index (κ3) is 3.23. The fraction of sp³-hybridized carbons (Fsp3) is 0.143. The van der Waals surface area contributed by atoms with E-state index in [4.69, 9.17) is 11.6 Å². The molecule has 106 valence electrons. The van der Waals surface area contributed by atoms with Gasteiger partial charge in [-0.25, -0.2) is 4.39 Å². The van der Waals surface area contributed by atoms with Crippen LogP contribution in [0.15, 0.2) is 42.5 Å². The molecule has 0 saturated heterocycles. The summed E-state index contributed by atoms with van der Waals surface area (Å²) in [6.45, 7) is -3.02. The standard InChI is InChI=1S/C14H10ClF3O2/c15-11-6-5-8(16)7-10(11)13(19)9-3-1-2-4-12(9)20-14(17)18/h1-7,13-14,19H. The molecule has 0 fully saturated rings. The first-order valence-corrected chi connectivity index (χ1v) is 6.03. The number of hydrogen-bond donors (Lipinski definition) is 1. The molecule has 0 aliphatic rings. The van der Waals surface area contributed by atoms with Crippen LogP contribution < -0.4 is 4.74 Å². The summed E-state index contributed by atoms with van der Waals surface area (Å²) in [5.41, 5.74) is 0.164. The highest BCUT2D eigenvalue weighted by atomic mass is 35.5. The van der Waals surface area contributed by atoms with Crippen LogP contribution in [0, 0.1) is 5.82 Å². The van der Waals surface area contributed by atoms with Crippen molar-refractivity contribution in [3.8, 4) is 5.75 Å². The first-order valence-electron chi connectivity index (χ1n) is 5.66. The summed E-state index contributed by atoms with van der Waals surface area (Å²) in [5, 5.41) is 10.3. The third-order valence-corrected chi connectivity index (χ3v) is 3.03. The molecular weight excluding hydrogens is 293 g/mol. The molecule has 0 radical (unpaired) electrons. The number of aliphatic hydroxyl groups is 1. The minimum atomic E-state index is -3.02. The number of aliphatic hydroxyl groups excluding tert-OH is 1. The molecule has 2 nitrogen and oxygen atoms in total. The lowest BCUT2D eigenvalue weighted by Crippen LogP contribution is -2.08. The van der Waals surface area contributed by atoms with Crippen LogP contribution in [0.4, 0.5) is 13.2 Å². The van der Waals surface area contributed by atoms with Crippen LogP contribution in [-0.2, 0) is 0 Å².